The standard InChI is InChI=1S/C28H28N2O6/c1-2-34-28(33)21-17-30-22(16-19-10-5-3-6-11-19)27-29(14-9-15-35-27)26(32)23(30)25(24(21)31)36-18-20-12-7-4-8-13-20/h3-8,10-13,17,22,27H,2,9,14-16,18H2,1H3/t22-,27+/m0/s1. The van der Waals surface area contributed by atoms with Crippen molar-refractivity contribution in [3.8, 4) is 5.75 Å². The Balaban J connectivity index is 1.66. The summed E-state index contributed by atoms with van der Waals surface area (Å²) in [7, 11) is 0. The van der Waals surface area contributed by atoms with E-state index in [2.05, 4.69) is 0 Å². The number of rotatable bonds is 7. The third kappa shape index (κ3) is 4.52. The minimum Gasteiger partial charge on any atom is -0.483 e. The van der Waals surface area contributed by atoms with Crippen LogP contribution in [0.5, 0.6) is 5.75 Å². The molecule has 36 heavy (non-hydrogen) atoms. The highest BCUT2D eigenvalue weighted by Crippen LogP contribution is 2.36. The van der Waals surface area contributed by atoms with E-state index in [-0.39, 0.29) is 42.2 Å². The molecule has 0 bridgehead atoms. The summed E-state index contributed by atoms with van der Waals surface area (Å²) in [5.74, 6) is -1.24. The lowest BCUT2D eigenvalue weighted by molar-refractivity contribution is -0.111. The summed E-state index contributed by atoms with van der Waals surface area (Å²) in [6.07, 6.45) is 2.14. The number of amides is 1. The maximum atomic E-state index is 13.7. The summed E-state index contributed by atoms with van der Waals surface area (Å²) in [6, 6.07) is 18.8. The molecule has 1 fully saturated rings. The molecule has 3 heterocycles. The molecule has 1 saturated heterocycles. The monoisotopic (exact) mass is 488 g/mol. The topological polar surface area (TPSA) is 87.1 Å². The van der Waals surface area contributed by atoms with Gasteiger partial charge in [0.2, 0.25) is 5.43 Å². The summed E-state index contributed by atoms with van der Waals surface area (Å²) in [5, 5.41) is 0. The molecule has 2 aliphatic rings. The van der Waals surface area contributed by atoms with E-state index in [1.807, 2.05) is 60.7 Å². The Labute approximate surface area is 209 Å². The summed E-state index contributed by atoms with van der Waals surface area (Å²) in [5.41, 5.74) is 1.18. The van der Waals surface area contributed by atoms with Crippen LogP contribution in [-0.4, -0.2) is 47.3 Å². The molecule has 0 unspecified atom stereocenters. The van der Waals surface area contributed by atoms with Gasteiger partial charge in [-0.1, -0.05) is 60.7 Å². The average molecular weight is 489 g/mol. The van der Waals surface area contributed by atoms with Gasteiger partial charge in [0, 0.05) is 12.7 Å². The van der Waals surface area contributed by atoms with Crippen LogP contribution in [0, 0.1) is 0 Å². The van der Waals surface area contributed by atoms with Gasteiger partial charge >= 0.3 is 5.97 Å². The highest BCUT2D eigenvalue weighted by molar-refractivity contribution is 5.98. The predicted octanol–water partition coefficient (Wildman–Crippen LogP) is 3.59. The number of fused-ring (bicyclic) bond motifs is 2. The van der Waals surface area contributed by atoms with Crippen LogP contribution in [0.15, 0.2) is 71.7 Å². The first kappa shape index (κ1) is 23.8. The molecule has 2 aromatic carbocycles. The second-order valence-corrected chi connectivity index (χ2v) is 8.82. The van der Waals surface area contributed by atoms with Crippen LogP contribution in [-0.2, 0) is 22.5 Å². The van der Waals surface area contributed by atoms with E-state index in [0.717, 1.165) is 11.1 Å². The molecule has 0 radical (unpaired) electrons. The fraction of sp³-hybridized carbons (Fsp3) is 0.321. The number of nitrogens with zero attached hydrogens (tertiary/aromatic N) is 2. The molecule has 1 amide bonds. The average Bonchev–Trinajstić information content (AvgIpc) is 2.91. The number of hydrogen-bond donors (Lipinski definition) is 0. The van der Waals surface area contributed by atoms with E-state index in [4.69, 9.17) is 14.2 Å². The zero-order chi connectivity index (χ0) is 25.1. The summed E-state index contributed by atoms with van der Waals surface area (Å²) in [4.78, 5) is 41.7. The maximum Gasteiger partial charge on any atom is 0.343 e. The third-order valence-electron chi connectivity index (χ3n) is 6.49. The number of benzene rings is 2. The Morgan fingerprint density at radius 2 is 1.72 bits per heavy atom. The Bertz CT molecular complexity index is 1300. The van der Waals surface area contributed by atoms with Crippen molar-refractivity contribution in [2.45, 2.75) is 38.6 Å². The highest BCUT2D eigenvalue weighted by Gasteiger charge is 2.44. The quantitative estimate of drug-likeness (QED) is 0.473. The molecular weight excluding hydrogens is 460 g/mol. The van der Waals surface area contributed by atoms with Crippen molar-refractivity contribution >= 4 is 11.9 Å². The number of aromatic nitrogens is 1. The molecule has 0 N–H and O–H groups in total. The fourth-order valence-corrected chi connectivity index (χ4v) is 4.82. The number of esters is 1. The van der Waals surface area contributed by atoms with Gasteiger partial charge < -0.3 is 23.7 Å². The van der Waals surface area contributed by atoms with Crippen molar-refractivity contribution in [1.82, 2.24) is 9.47 Å². The molecule has 8 heteroatoms. The first-order chi connectivity index (χ1) is 17.6. The summed E-state index contributed by atoms with van der Waals surface area (Å²) < 4.78 is 19.0. The molecular formula is C28H28N2O6. The van der Waals surface area contributed by atoms with Gasteiger partial charge in [-0.05, 0) is 30.9 Å². The number of carbonyl (C=O) groups excluding carboxylic acids is 2. The Kier molecular flexibility index (Phi) is 6.86. The predicted molar refractivity (Wildman–Crippen MR) is 132 cm³/mol. The van der Waals surface area contributed by atoms with Crippen molar-refractivity contribution in [3.05, 3.63) is 99.5 Å². The van der Waals surface area contributed by atoms with E-state index in [1.165, 1.54) is 6.20 Å². The first-order valence-corrected chi connectivity index (χ1v) is 12.2. The zero-order valence-electron chi connectivity index (χ0n) is 20.1. The van der Waals surface area contributed by atoms with E-state index in [0.29, 0.717) is 26.0 Å². The Hall–Kier alpha value is -3.91. The van der Waals surface area contributed by atoms with Crippen molar-refractivity contribution < 1.29 is 23.8 Å². The van der Waals surface area contributed by atoms with E-state index in [9.17, 15) is 14.4 Å². The van der Waals surface area contributed by atoms with Crippen molar-refractivity contribution in [2.24, 2.45) is 0 Å². The minimum atomic E-state index is -0.750. The number of pyridine rings is 1. The molecule has 186 valence electrons. The van der Waals surface area contributed by atoms with E-state index in [1.54, 1.807) is 16.4 Å². The molecule has 0 spiro atoms. The summed E-state index contributed by atoms with van der Waals surface area (Å²) >= 11 is 0. The van der Waals surface area contributed by atoms with Gasteiger partial charge in [-0.2, -0.15) is 0 Å². The maximum absolute atomic E-state index is 13.7. The third-order valence-corrected chi connectivity index (χ3v) is 6.49. The zero-order valence-corrected chi connectivity index (χ0v) is 20.1. The smallest absolute Gasteiger partial charge is 0.343 e. The van der Waals surface area contributed by atoms with Gasteiger partial charge in [-0.15, -0.1) is 0 Å². The van der Waals surface area contributed by atoms with Crippen molar-refractivity contribution in [3.63, 3.8) is 0 Å². The first-order valence-electron chi connectivity index (χ1n) is 12.2. The van der Waals surface area contributed by atoms with Crippen molar-refractivity contribution in [2.75, 3.05) is 19.8 Å². The molecule has 3 aromatic rings. The minimum absolute atomic E-state index is 0.0753. The molecule has 0 aliphatic carbocycles. The van der Waals surface area contributed by atoms with E-state index >= 15 is 0 Å². The Morgan fingerprint density at radius 3 is 2.42 bits per heavy atom. The molecule has 2 aliphatic heterocycles. The number of carbonyl (C=O) groups is 2. The lowest BCUT2D eigenvalue weighted by Gasteiger charge is -2.45. The largest absolute Gasteiger partial charge is 0.483 e. The van der Waals surface area contributed by atoms with Crippen LogP contribution in [0.2, 0.25) is 0 Å². The van der Waals surface area contributed by atoms with Gasteiger partial charge in [0.15, 0.2) is 17.7 Å². The van der Waals surface area contributed by atoms with Crippen LogP contribution >= 0.6 is 0 Å². The van der Waals surface area contributed by atoms with Gasteiger partial charge in [0.1, 0.15) is 12.2 Å². The van der Waals surface area contributed by atoms with E-state index < -0.39 is 17.6 Å². The number of hydrogen-bond acceptors (Lipinski definition) is 6. The van der Waals surface area contributed by atoms with Gasteiger partial charge in [0.25, 0.3) is 5.91 Å². The molecule has 1 aromatic heterocycles. The lowest BCUT2D eigenvalue weighted by atomic mass is 9.98. The fourth-order valence-electron chi connectivity index (χ4n) is 4.82. The molecule has 2 atom stereocenters. The van der Waals surface area contributed by atoms with Gasteiger partial charge in [0.05, 0.1) is 19.3 Å². The second-order valence-electron chi connectivity index (χ2n) is 8.82. The van der Waals surface area contributed by atoms with Crippen LogP contribution < -0.4 is 10.2 Å². The second kappa shape index (κ2) is 10.4. The number of ether oxygens (including phenoxy) is 3. The van der Waals surface area contributed by atoms with Crippen LogP contribution in [0.3, 0.4) is 0 Å². The van der Waals surface area contributed by atoms with Crippen LogP contribution in [0.1, 0.15) is 51.4 Å². The molecule has 8 nitrogen and oxygen atoms in total. The van der Waals surface area contributed by atoms with Crippen LogP contribution in [0.4, 0.5) is 0 Å². The normalized spacial score (nSPS) is 18.8. The molecule has 0 saturated carbocycles. The summed E-state index contributed by atoms with van der Waals surface area (Å²) in [6.45, 7) is 2.91. The van der Waals surface area contributed by atoms with Gasteiger partial charge in [-0.25, -0.2) is 4.79 Å². The van der Waals surface area contributed by atoms with Crippen LogP contribution in [0.25, 0.3) is 0 Å². The lowest BCUT2D eigenvalue weighted by Crippen LogP contribution is -2.56. The van der Waals surface area contributed by atoms with Gasteiger partial charge in [-0.3, -0.25) is 9.59 Å². The van der Waals surface area contributed by atoms with Crippen molar-refractivity contribution in [1.29, 1.82) is 0 Å². The molecule has 5 rings (SSSR count). The Morgan fingerprint density at radius 1 is 1.03 bits per heavy atom. The highest BCUT2D eigenvalue weighted by atomic mass is 16.5. The SMILES string of the molecule is CCOC(=O)c1cn2c(c(OCc3ccccc3)c1=O)C(=O)N1CCCO[C@@H]1[C@@H]2Cc1ccccc1.